The molecule has 0 unspecified atom stereocenters. The molecule has 1 heterocycles. The Hall–Kier alpha value is -1.06. The third-order valence-corrected chi connectivity index (χ3v) is 2.53. The van der Waals surface area contributed by atoms with E-state index in [2.05, 4.69) is 0 Å². The maximum Gasteiger partial charge on any atom is 0.205 e. The molecular weight excluding hydrogens is 192 g/mol. The SMILES string of the molecule is CC1(C)OCc2c(CCO)cccc2O1. The van der Waals surface area contributed by atoms with Gasteiger partial charge in [-0.05, 0) is 18.1 Å². The lowest BCUT2D eigenvalue weighted by Gasteiger charge is -2.33. The Balaban J connectivity index is 2.33. The van der Waals surface area contributed by atoms with E-state index in [1.54, 1.807) is 0 Å². The first-order valence-electron chi connectivity index (χ1n) is 5.17. The summed E-state index contributed by atoms with van der Waals surface area (Å²) in [5.41, 5.74) is 2.16. The first-order valence-corrected chi connectivity index (χ1v) is 5.17. The molecule has 1 N–H and O–H groups in total. The van der Waals surface area contributed by atoms with Crippen LogP contribution in [0.3, 0.4) is 0 Å². The highest BCUT2D eigenvalue weighted by atomic mass is 16.7. The van der Waals surface area contributed by atoms with Gasteiger partial charge in [0.25, 0.3) is 0 Å². The first-order chi connectivity index (χ1) is 7.12. The molecule has 15 heavy (non-hydrogen) atoms. The van der Waals surface area contributed by atoms with Gasteiger partial charge in [-0.25, -0.2) is 0 Å². The van der Waals surface area contributed by atoms with Gasteiger partial charge in [0.15, 0.2) is 0 Å². The topological polar surface area (TPSA) is 38.7 Å². The van der Waals surface area contributed by atoms with Crippen molar-refractivity contribution in [2.75, 3.05) is 6.61 Å². The zero-order chi connectivity index (χ0) is 10.9. The van der Waals surface area contributed by atoms with E-state index in [4.69, 9.17) is 14.6 Å². The third-order valence-electron chi connectivity index (χ3n) is 2.53. The minimum atomic E-state index is -0.551. The van der Waals surface area contributed by atoms with Crippen LogP contribution in [0.5, 0.6) is 5.75 Å². The molecule has 3 nitrogen and oxygen atoms in total. The van der Waals surface area contributed by atoms with Gasteiger partial charge in [-0.1, -0.05) is 12.1 Å². The predicted molar refractivity (Wildman–Crippen MR) is 56.7 cm³/mol. The Morgan fingerprint density at radius 3 is 2.93 bits per heavy atom. The Morgan fingerprint density at radius 2 is 2.20 bits per heavy atom. The highest BCUT2D eigenvalue weighted by Crippen LogP contribution is 2.33. The van der Waals surface area contributed by atoms with Gasteiger partial charge in [0.05, 0.1) is 6.61 Å². The summed E-state index contributed by atoms with van der Waals surface area (Å²) in [5.74, 6) is 0.322. The van der Waals surface area contributed by atoms with Crippen molar-refractivity contribution in [1.82, 2.24) is 0 Å². The van der Waals surface area contributed by atoms with Crippen molar-refractivity contribution >= 4 is 0 Å². The Kier molecular flexibility index (Phi) is 2.67. The van der Waals surface area contributed by atoms with Crippen molar-refractivity contribution in [2.24, 2.45) is 0 Å². The summed E-state index contributed by atoms with van der Waals surface area (Å²) < 4.78 is 11.3. The van der Waals surface area contributed by atoms with Crippen LogP contribution in [0.2, 0.25) is 0 Å². The van der Waals surface area contributed by atoms with Gasteiger partial charge in [-0.15, -0.1) is 0 Å². The molecule has 0 aromatic heterocycles. The van der Waals surface area contributed by atoms with Crippen LogP contribution in [-0.2, 0) is 17.8 Å². The van der Waals surface area contributed by atoms with E-state index in [-0.39, 0.29) is 6.61 Å². The number of fused-ring (bicyclic) bond motifs is 1. The molecule has 0 saturated carbocycles. The zero-order valence-electron chi connectivity index (χ0n) is 9.12. The van der Waals surface area contributed by atoms with Crippen LogP contribution in [0.25, 0.3) is 0 Å². The number of rotatable bonds is 2. The molecule has 1 aliphatic rings. The average Bonchev–Trinajstić information content (AvgIpc) is 2.16. The summed E-state index contributed by atoms with van der Waals surface area (Å²) in [6.45, 7) is 4.50. The number of aliphatic hydroxyl groups excluding tert-OH is 1. The van der Waals surface area contributed by atoms with E-state index in [0.717, 1.165) is 16.9 Å². The van der Waals surface area contributed by atoms with Gasteiger partial charge in [-0.2, -0.15) is 0 Å². The van der Waals surface area contributed by atoms with Crippen molar-refractivity contribution in [2.45, 2.75) is 32.7 Å². The van der Waals surface area contributed by atoms with E-state index >= 15 is 0 Å². The normalized spacial score (nSPS) is 18.1. The molecule has 3 heteroatoms. The Morgan fingerprint density at radius 1 is 1.40 bits per heavy atom. The quantitative estimate of drug-likeness (QED) is 0.806. The van der Waals surface area contributed by atoms with Gasteiger partial charge in [0.1, 0.15) is 5.75 Å². The maximum absolute atomic E-state index is 8.94. The summed E-state index contributed by atoms with van der Waals surface area (Å²) in [6, 6.07) is 5.89. The van der Waals surface area contributed by atoms with Crippen LogP contribution in [0.15, 0.2) is 18.2 Å². The van der Waals surface area contributed by atoms with Crippen LogP contribution in [0, 0.1) is 0 Å². The van der Waals surface area contributed by atoms with E-state index in [0.29, 0.717) is 13.0 Å². The lowest BCUT2D eigenvalue weighted by atomic mass is 10.0. The second kappa shape index (κ2) is 3.83. The number of hydrogen-bond donors (Lipinski definition) is 1. The van der Waals surface area contributed by atoms with Crippen molar-refractivity contribution in [1.29, 1.82) is 0 Å². The second-order valence-electron chi connectivity index (χ2n) is 4.16. The monoisotopic (exact) mass is 208 g/mol. The van der Waals surface area contributed by atoms with Crippen LogP contribution in [-0.4, -0.2) is 17.5 Å². The van der Waals surface area contributed by atoms with Gasteiger partial charge >= 0.3 is 0 Å². The minimum Gasteiger partial charge on any atom is -0.463 e. The van der Waals surface area contributed by atoms with Gasteiger partial charge in [0, 0.05) is 26.0 Å². The predicted octanol–water partition coefficient (Wildman–Crippen LogP) is 1.87. The zero-order valence-corrected chi connectivity index (χ0v) is 9.12. The van der Waals surface area contributed by atoms with Crippen LogP contribution in [0.4, 0.5) is 0 Å². The number of aliphatic hydroxyl groups is 1. The fourth-order valence-corrected chi connectivity index (χ4v) is 1.77. The molecule has 0 fully saturated rings. The molecule has 0 saturated heterocycles. The molecule has 0 bridgehead atoms. The summed E-state index contributed by atoms with van der Waals surface area (Å²) >= 11 is 0. The smallest absolute Gasteiger partial charge is 0.205 e. The van der Waals surface area contributed by atoms with E-state index < -0.39 is 5.79 Å². The molecule has 0 radical (unpaired) electrons. The molecule has 0 amide bonds. The van der Waals surface area contributed by atoms with Gasteiger partial charge < -0.3 is 14.6 Å². The Bertz CT molecular complexity index is 358. The summed E-state index contributed by atoms with van der Waals surface area (Å²) in [6.07, 6.45) is 0.649. The molecule has 1 aromatic carbocycles. The number of ether oxygens (including phenoxy) is 2. The fraction of sp³-hybridized carbons (Fsp3) is 0.500. The number of hydrogen-bond acceptors (Lipinski definition) is 3. The molecular formula is C12H16O3. The average molecular weight is 208 g/mol. The second-order valence-corrected chi connectivity index (χ2v) is 4.16. The molecule has 0 atom stereocenters. The summed E-state index contributed by atoms with van der Waals surface area (Å²) in [5, 5.41) is 8.94. The molecule has 2 rings (SSSR count). The largest absolute Gasteiger partial charge is 0.463 e. The van der Waals surface area contributed by atoms with E-state index in [1.807, 2.05) is 32.0 Å². The fourth-order valence-electron chi connectivity index (χ4n) is 1.77. The highest BCUT2D eigenvalue weighted by molar-refractivity contribution is 5.41. The van der Waals surface area contributed by atoms with Crippen molar-refractivity contribution in [3.05, 3.63) is 29.3 Å². The van der Waals surface area contributed by atoms with Crippen molar-refractivity contribution in [3.8, 4) is 5.75 Å². The maximum atomic E-state index is 8.94. The van der Waals surface area contributed by atoms with Gasteiger partial charge in [-0.3, -0.25) is 0 Å². The highest BCUT2D eigenvalue weighted by Gasteiger charge is 2.28. The summed E-state index contributed by atoms with van der Waals surface area (Å²) in [4.78, 5) is 0. The molecule has 82 valence electrons. The lowest BCUT2D eigenvalue weighted by Crippen LogP contribution is -2.35. The van der Waals surface area contributed by atoms with Crippen LogP contribution >= 0.6 is 0 Å². The molecule has 1 aromatic rings. The van der Waals surface area contributed by atoms with E-state index in [1.165, 1.54) is 0 Å². The first kappa shape index (κ1) is 10.5. The van der Waals surface area contributed by atoms with E-state index in [9.17, 15) is 0 Å². The number of benzene rings is 1. The minimum absolute atomic E-state index is 0.153. The standard InChI is InChI=1S/C12H16O3/c1-12(2)14-8-10-9(6-7-13)4-3-5-11(10)15-12/h3-5,13H,6-8H2,1-2H3. The van der Waals surface area contributed by atoms with Crippen molar-refractivity contribution in [3.63, 3.8) is 0 Å². The summed E-state index contributed by atoms with van der Waals surface area (Å²) in [7, 11) is 0. The molecule has 0 aliphatic carbocycles. The van der Waals surface area contributed by atoms with Crippen LogP contribution < -0.4 is 4.74 Å². The van der Waals surface area contributed by atoms with Crippen molar-refractivity contribution < 1.29 is 14.6 Å². The van der Waals surface area contributed by atoms with Gasteiger partial charge in [0.2, 0.25) is 5.79 Å². The van der Waals surface area contributed by atoms with Crippen LogP contribution in [0.1, 0.15) is 25.0 Å². The lowest BCUT2D eigenvalue weighted by molar-refractivity contribution is -0.180. The Labute approximate surface area is 89.6 Å². The molecule has 0 spiro atoms. The third kappa shape index (κ3) is 2.13. The molecule has 1 aliphatic heterocycles.